The van der Waals surface area contributed by atoms with Gasteiger partial charge in [-0.1, -0.05) is 48.2 Å². The van der Waals surface area contributed by atoms with Crippen molar-refractivity contribution in [3.05, 3.63) is 47.0 Å². The van der Waals surface area contributed by atoms with Gasteiger partial charge in [-0.25, -0.2) is 4.98 Å². The predicted octanol–water partition coefficient (Wildman–Crippen LogP) is 3.30. The standard InChI is InChI=1S/C17H14N2O3S2/c20-15(21)6-3-9-19-16(22)14(24-17(19)23)10-12-8-7-11-4-1-2-5-13(11)18-12/h1-2,4-5,7-8,10H,3,6,9H2,(H,20,21)/b14-10-. The average Bonchev–Trinajstić information content (AvgIpc) is 2.82. The molecule has 24 heavy (non-hydrogen) atoms. The minimum Gasteiger partial charge on any atom is -0.481 e. The average molecular weight is 358 g/mol. The Bertz CT molecular complexity index is 864. The van der Waals surface area contributed by atoms with Gasteiger partial charge in [-0.2, -0.15) is 0 Å². The molecule has 0 atom stereocenters. The van der Waals surface area contributed by atoms with Crippen molar-refractivity contribution in [3.63, 3.8) is 0 Å². The molecule has 122 valence electrons. The molecule has 7 heteroatoms. The molecule has 0 saturated carbocycles. The zero-order valence-corrected chi connectivity index (χ0v) is 14.3. The van der Waals surface area contributed by atoms with Gasteiger partial charge in [-0.3, -0.25) is 14.5 Å². The number of para-hydroxylation sites is 1. The largest absolute Gasteiger partial charge is 0.481 e. The minimum atomic E-state index is -0.878. The van der Waals surface area contributed by atoms with Gasteiger partial charge in [0.1, 0.15) is 4.32 Å². The number of hydrogen-bond donors (Lipinski definition) is 1. The Kier molecular flexibility index (Phi) is 4.92. The van der Waals surface area contributed by atoms with E-state index in [1.54, 1.807) is 6.08 Å². The van der Waals surface area contributed by atoms with Crippen molar-refractivity contribution >= 4 is 57.2 Å². The lowest BCUT2D eigenvalue weighted by Crippen LogP contribution is -2.29. The number of nitrogens with zero attached hydrogens (tertiary/aromatic N) is 2. The normalized spacial score (nSPS) is 16.3. The summed E-state index contributed by atoms with van der Waals surface area (Å²) in [6.07, 6.45) is 2.12. The lowest BCUT2D eigenvalue weighted by Gasteiger charge is -2.13. The van der Waals surface area contributed by atoms with E-state index in [0.717, 1.165) is 10.9 Å². The number of rotatable bonds is 5. The van der Waals surface area contributed by atoms with Crippen LogP contribution in [0.4, 0.5) is 0 Å². The Balaban J connectivity index is 1.78. The molecule has 3 rings (SSSR count). The third-order valence-electron chi connectivity index (χ3n) is 3.54. The van der Waals surface area contributed by atoms with Crippen LogP contribution in [0.15, 0.2) is 41.3 Å². The second kappa shape index (κ2) is 7.11. The van der Waals surface area contributed by atoms with Crippen molar-refractivity contribution in [2.24, 2.45) is 0 Å². The van der Waals surface area contributed by atoms with Crippen LogP contribution in [0.2, 0.25) is 0 Å². The van der Waals surface area contributed by atoms with E-state index in [-0.39, 0.29) is 12.3 Å². The number of benzene rings is 1. The number of carboxylic acid groups (broad SMARTS) is 1. The predicted molar refractivity (Wildman–Crippen MR) is 98.5 cm³/mol. The van der Waals surface area contributed by atoms with Crippen LogP contribution in [0.25, 0.3) is 17.0 Å². The quantitative estimate of drug-likeness (QED) is 0.653. The lowest BCUT2D eigenvalue weighted by molar-refractivity contribution is -0.137. The smallest absolute Gasteiger partial charge is 0.303 e. The maximum Gasteiger partial charge on any atom is 0.303 e. The molecular formula is C17H14N2O3S2. The third-order valence-corrected chi connectivity index (χ3v) is 4.92. The summed E-state index contributed by atoms with van der Waals surface area (Å²) in [5.74, 6) is -1.07. The number of pyridine rings is 1. The number of carbonyl (C=O) groups excluding carboxylic acids is 1. The van der Waals surface area contributed by atoms with Gasteiger partial charge in [-0.15, -0.1) is 0 Å². The summed E-state index contributed by atoms with van der Waals surface area (Å²) < 4.78 is 0.456. The number of aliphatic carboxylic acids is 1. The zero-order valence-electron chi connectivity index (χ0n) is 12.6. The summed E-state index contributed by atoms with van der Waals surface area (Å²) in [5.41, 5.74) is 1.56. The van der Waals surface area contributed by atoms with Crippen LogP contribution in [0.5, 0.6) is 0 Å². The molecule has 1 N–H and O–H groups in total. The first-order valence-corrected chi connectivity index (χ1v) is 8.60. The van der Waals surface area contributed by atoms with Gasteiger partial charge < -0.3 is 5.11 Å². The maximum absolute atomic E-state index is 12.4. The highest BCUT2D eigenvalue weighted by molar-refractivity contribution is 8.26. The van der Waals surface area contributed by atoms with E-state index in [2.05, 4.69) is 4.98 Å². The molecule has 0 unspecified atom stereocenters. The number of aromatic nitrogens is 1. The molecule has 1 amide bonds. The molecule has 1 aliphatic heterocycles. The van der Waals surface area contributed by atoms with E-state index in [0.29, 0.717) is 27.9 Å². The van der Waals surface area contributed by atoms with Gasteiger partial charge in [0.05, 0.1) is 16.1 Å². The van der Waals surface area contributed by atoms with Crippen LogP contribution < -0.4 is 0 Å². The Hall–Kier alpha value is -2.25. The van der Waals surface area contributed by atoms with Gasteiger partial charge in [0.25, 0.3) is 5.91 Å². The van der Waals surface area contributed by atoms with Crippen LogP contribution in [0.1, 0.15) is 18.5 Å². The fraction of sp³-hybridized carbons (Fsp3) is 0.176. The molecule has 1 saturated heterocycles. The Morgan fingerprint density at radius 2 is 2.08 bits per heavy atom. The fourth-order valence-electron chi connectivity index (χ4n) is 2.38. The fourth-order valence-corrected chi connectivity index (χ4v) is 3.67. The molecule has 1 aromatic carbocycles. The zero-order chi connectivity index (χ0) is 17.1. The maximum atomic E-state index is 12.4. The van der Waals surface area contributed by atoms with E-state index < -0.39 is 5.97 Å². The summed E-state index contributed by atoms with van der Waals surface area (Å²) >= 11 is 6.45. The van der Waals surface area contributed by atoms with Crippen molar-refractivity contribution < 1.29 is 14.7 Å². The number of amides is 1. The first-order valence-electron chi connectivity index (χ1n) is 7.37. The van der Waals surface area contributed by atoms with Crippen molar-refractivity contribution in [2.75, 3.05) is 6.54 Å². The van der Waals surface area contributed by atoms with Crippen molar-refractivity contribution in [3.8, 4) is 0 Å². The molecule has 5 nitrogen and oxygen atoms in total. The summed E-state index contributed by atoms with van der Waals surface area (Å²) in [6.45, 7) is 0.319. The monoisotopic (exact) mass is 358 g/mol. The number of carboxylic acids is 1. The molecule has 2 heterocycles. The van der Waals surface area contributed by atoms with Gasteiger partial charge >= 0.3 is 5.97 Å². The Labute approximate surface area is 148 Å². The molecule has 1 aliphatic rings. The third kappa shape index (κ3) is 3.63. The molecule has 2 aromatic rings. The van der Waals surface area contributed by atoms with E-state index in [9.17, 15) is 9.59 Å². The second-order valence-electron chi connectivity index (χ2n) is 5.26. The number of thiocarbonyl (C=S) groups is 1. The SMILES string of the molecule is O=C(O)CCCN1C(=O)/C(=C/c2ccc3ccccc3n2)SC1=S. The van der Waals surface area contributed by atoms with E-state index in [4.69, 9.17) is 17.3 Å². The summed E-state index contributed by atoms with van der Waals surface area (Å²) in [7, 11) is 0. The first-order chi connectivity index (χ1) is 11.5. The van der Waals surface area contributed by atoms with Crippen LogP contribution in [0.3, 0.4) is 0 Å². The first kappa shape index (κ1) is 16.6. The van der Waals surface area contributed by atoms with Crippen LogP contribution in [-0.2, 0) is 9.59 Å². The van der Waals surface area contributed by atoms with Crippen LogP contribution >= 0.6 is 24.0 Å². The topological polar surface area (TPSA) is 70.5 Å². The lowest BCUT2D eigenvalue weighted by atomic mass is 10.2. The number of hydrogen-bond acceptors (Lipinski definition) is 5. The number of carbonyl (C=O) groups is 2. The van der Waals surface area contributed by atoms with Crippen molar-refractivity contribution in [1.29, 1.82) is 0 Å². The van der Waals surface area contributed by atoms with Crippen molar-refractivity contribution in [1.82, 2.24) is 9.88 Å². The highest BCUT2D eigenvalue weighted by Crippen LogP contribution is 2.32. The molecule has 0 radical (unpaired) electrons. The van der Waals surface area contributed by atoms with E-state index >= 15 is 0 Å². The molecule has 0 spiro atoms. The van der Waals surface area contributed by atoms with Crippen molar-refractivity contribution in [2.45, 2.75) is 12.8 Å². The number of thioether (sulfide) groups is 1. The highest BCUT2D eigenvalue weighted by Gasteiger charge is 2.31. The molecule has 0 bridgehead atoms. The van der Waals surface area contributed by atoms with Gasteiger partial charge in [-0.05, 0) is 24.6 Å². The summed E-state index contributed by atoms with van der Waals surface area (Å²) in [4.78, 5) is 29.5. The number of fused-ring (bicyclic) bond motifs is 1. The summed E-state index contributed by atoms with van der Waals surface area (Å²) in [5, 5.41) is 9.73. The Morgan fingerprint density at radius 3 is 2.88 bits per heavy atom. The highest BCUT2D eigenvalue weighted by atomic mass is 32.2. The molecule has 1 aromatic heterocycles. The molecular weight excluding hydrogens is 344 g/mol. The van der Waals surface area contributed by atoms with Gasteiger partial charge in [0.2, 0.25) is 0 Å². The minimum absolute atomic E-state index is 0.0162. The summed E-state index contributed by atoms with van der Waals surface area (Å²) in [6, 6.07) is 11.6. The Morgan fingerprint density at radius 1 is 1.29 bits per heavy atom. The van der Waals surface area contributed by atoms with Gasteiger partial charge in [0.15, 0.2) is 0 Å². The van der Waals surface area contributed by atoms with E-state index in [1.165, 1.54) is 16.7 Å². The second-order valence-corrected chi connectivity index (χ2v) is 6.94. The van der Waals surface area contributed by atoms with Crippen LogP contribution in [0, 0.1) is 0 Å². The molecule has 0 aliphatic carbocycles. The van der Waals surface area contributed by atoms with Gasteiger partial charge in [0, 0.05) is 18.4 Å². The molecule has 1 fully saturated rings. The van der Waals surface area contributed by atoms with E-state index in [1.807, 2.05) is 36.4 Å². The van der Waals surface area contributed by atoms with Crippen LogP contribution in [-0.4, -0.2) is 37.7 Å².